The molecule has 0 fully saturated rings. The van der Waals surface area contributed by atoms with Gasteiger partial charge in [0.2, 0.25) is 0 Å². The summed E-state index contributed by atoms with van der Waals surface area (Å²) in [5.74, 6) is 0. The molecule has 0 saturated heterocycles. The summed E-state index contributed by atoms with van der Waals surface area (Å²) in [6, 6.07) is 8.13. The molecule has 5 heteroatoms. The Balaban J connectivity index is 0. The van der Waals surface area contributed by atoms with Crippen molar-refractivity contribution < 1.29 is 7.27 Å². The molecule has 0 amide bonds. The Morgan fingerprint density at radius 3 is 2.73 bits per heavy atom. The Morgan fingerprint density at radius 2 is 2.13 bits per heavy atom. The molecule has 0 saturated carbocycles. The molecule has 0 radical (unpaired) electrons. The molecule has 0 unspecified atom stereocenters. The molecule has 3 aromatic rings. The summed E-state index contributed by atoms with van der Waals surface area (Å²) in [6.07, 6.45) is 4.47. The van der Waals surface area contributed by atoms with E-state index in [1.54, 1.807) is 17.5 Å². The zero-order valence-electron chi connectivity index (χ0n) is 10.0. The van der Waals surface area contributed by atoms with E-state index in [1.807, 2.05) is 23.7 Å². The van der Waals surface area contributed by atoms with Gasteiger partial charge < -0.3 is 7.27 Å². The summed E-state index contributed by atoms with van der Waals surface area (Å²) >= 11 is 1.68. The Labute approximate surface area is 98.0 Å². The Morgan fingerprint density at radius 1 is 1.27 bits per heavy atom. The summed E-state index contributed by atoms with van der Waals surface area (Å²) in [6.45, 7) is 0. The number of benzene rings is 1. The maximum Gasteiger partial charge on any atom is 2.00 e. The van der Waals surface area contributed by atoms with Gasteiger partial charge in [-0.3, -0.25) is 0 Å². The predicted molar refractivity (Wildman–Crippen MR) is 64.1 cm³/mol. The van der Waals surface area contributed by atoms with Crippen LogP contribution in [0.1, 0.15) is 2.85 Å². The van der Waals surface area contributed by atoms with Crippen molar-refractivity contribution in [3.63, 3.8) is 0 Å². The normalized spacial score (nSPS) is 8.80. The fraction of sp³-hybridized carbons (Fsp3) is 0. The topological polar surface area (TPSA) is 38.9 Å². The number of rotatable bonds is 0. The zero-order valence-corrected chi connectivity index (χ0v) is 8.85. The monoisotopic (exact) mass is 215 g/mol. The Bertz CT molecular complexity index is 442. The smallest absolute Gasteiger partial charge is 1.00 e. The average molecular weight is 215 g/mol. The van der Waals surface area contributed by atoms with Crippen LogP contribution < -0.4 is 0 Å². The molecule has 2 heterocycles. The van der Waals surface area contributed by atoms with E-state index >= 15 is 0 Å². The molecular formula is C10H10BeN2OS. The molecule has 0 N–H and O–H groups in total. The number of oxazole rings is 1. The van der Waals surface area contributed by atoms with Gasteiger partial charge in [0.1, 0.15) is 6.26 Å². The van der Waals surface area contributed by atoms with E-state index in [0.717, 1.165) is 5.52 Å². The number of para-hydroxylation sites is 1. The van der Waals surface area contributed by atoms with Crippen molar-refractivity contribution in [1.82, 2.24) is 9.97 Å². The minimum atomic E-state index is 0. The van der Waals surface area contributed by atoms with Gasteiger partial charge in [0.05, 0.1) is 21.9 Å². The van der Waals surface area contributed by atoms with Gasteiger partial charge in [-0.2, -0.15) is 0 Å². The van der Waals surface area contributed by atoms with E-state index in [1.165, 1.54) is 17.4 Å². The first-order valence-corrected chi connectivity index (χ1v) is 4.95. The number of hydrogen-bond donors (Lipinski definition) is 0. The van der Waals surface area contributed by atoms with Crippen LogP contribution in [-0.4, -0.2) is 20.1 Å². The van der Waals surface area contributed by atoms with Crippen LogP contribution in [0.15, 0.2) is 53.0 Å². The van der Waals surface area contributed by atoms with Crippen molar-refractivity contribution in [2.45, 2.75) is 0 Å². The first-order valence-electron chi connectivity index (χ1n) is 4.07. The largest absolute Gasteiger partial charge is 2.00 e. The summed E-state index contributed by atoms with van der Waals surface area (Å²) in [7, 11) is 0. The van der Waals surface area contributed by atoms with E-state index in [2.05, 4.69) is 20.5 Å². The molecule has 2 aromatic heterocycles. The first-order chi connectivity index (χ1) is 6.97. The van der Waals surface area contributed by atoms with Crippen LogP contribution in [-0.2, 0) is 0 Å². The van der Waals surface area contributed by atoms with Crippen LogP contribution in [0.25, 0.3) is 10.2 Å². The summed E-state index contributed by atoms with van der Waals surface area (Å²) in [5.41, 5.74) is 2.97. The van der Waals surface area contributed by atoms with E-state index in [-0.39, 0.29) is 13.0 Å². The maximum absolute atomic E-state index is 4.47. The molecule has 74 valence electrons. The maximum atomic E-state index is 4.47. The van der Waals surface area contributed by atoms with Crippen molar-refractivity contribution >= 4 is 31.7 Å². The van der Waals surface area contributed by atoms with Crippen LogP contribution in [0.3, 0.4) is 0 Å². The van der Waals surface area contributed by atoms with Crippen LogP contribution in [0.2, 0.25) is 0 Å². The second-order valence-electron chi connectivity index (χ2n) is 2.50. The third kappa shape index (κ3) is 3.27. The minimum Gasteiger partial charge on any atom is -1.00 e. The second kappa shape index (κ2) is 6.06. The third-order valence-electron chi connectivity index (χ3n) is 1.58. The van der Waals surface area contributed by atoms with Gasteiger partial charge in [-0.15, -0.1) is 11.3 Å². The number of aromatic nitrogens is 2. The standard InChI is InChI=1S/C7H5NS.C3H3NO.Be.2H/c1-2-4-7-6(3-1)8-5-9-7;1-2-5-3-4-1;;;/h1-5H;1-3H;;;/q;;+2;2*-1. The Kier molecular flexibility index (Phi) is 4.67. The quantitative estimate of drug-likeness (QED) is 0.541. The van der Waals surface area contributed by atoms with E-state index < -0.39 is 0 Å². The van der Waals surface area contributed by atoms with Gasteiger partial charge in [0.15, 0.2) is 6.39 Å². The summed E-state index contributed by atoms with van der Waals surface area (Å²) in [4.78, 5) is 7.69. The van der Waals surface area contributed by atoms with Crippen molar-refractivity contribution in [2.75, 3.05) is 0 Å². The number of hydrogen-bond acceptors (Lipinski definition) is 4. The summed E-state index contributed by atoms with van der Waals surface area (Å²) < 4.78 is 5.73. The third-order valence-corrected chi connectivity index (χ3v) is 2.39. The van der Waals surface area contributed by atoms with Gasteiger partial charge in [0.25, 0.3) is 0 Å². The fourth-order valence-corrected chi connectivity index (χ4v) is 1.66. The van der Waals surface area contributed by atoms with Gasteiger partial charge in [-0.05, 0) is 12.1 Å². The molecule has 0 bridgehead atoms. The van der Waals surface area contributed by atoms with Crippen LogP contribution in [0.4, 0.5) is 0 Å². The number of fused-ring (bicyclic) bond motifs is 1. The molecule has 0 aliphatic carbocycles. The fourth-order valence-electron chi connectivity index (χ4n) is 0.979. The van der Waals surface area contributed by atoms with Crippen LogP contribution in [0, 0.1) is 0 Å². The van der Waals surface area contributed by atoms with Crippen molar-refractivity contribution in [2.24, 2.45) is 0 Å². The van der Waals surface area contributed by atoms with Crippen molar-refractivity contribution in [3.8, 4) is 0 Å². The Hall–Kier alpha value is -1.51. The van der Waals surface area contributed by atoms with Gasteiger partial charge >= 0.3 is 10.1 Å². The average Bonchev–Trinajstić information content (AvgIpc) is 2.92. The zero-order chi connectivity index (χ0) is 9.64. The van der Waals surface area contributed by atoms with Crippen LogP contribution in [0.5, 0.6) is 0 Å². The number of thiazole rings is 1. The van der Waals surface area contributed by atoms with Gasteiger partial charge in [-0.25, -0.2) is 9.97 Å². The van der Waals surface area contributed by atoms with Crippen molar-refractivity contribution in [1.29, 1.82) is 0 Å². The molecule has 3 rings (SSSR count). The van der Waals surface area contributed by atoms with E-state index in [4.69, 9.17) is 0 Å². The minimum absolute atomic E-state index is 0. The van der Waals surface area contributed by atoms with Gasteiger partial charge in [0, 0.05) is 0 Å². The van der Waals surface area contributed by atoms with Crippen molar-refractivity contribution in [3.05, 3.63) is 48.6 Å². The molecule has 15 heavy (non-hydrogen) atoms. The first kappa shape index (κ1) is 11.6. The van der Waals surface area contributed by atoms with E-state index in [9.17, 15) is 0 Å². The van der Waals surface area contributed by atoms with E-state index in [0.29, 0.717) is 0 Å². The molecule has 0 atom stereocenters. The van der Waals surface area contributed by atoms with Crippen LogP contribution >= 0.6 is 11.3 Å². The molecule has 0 spiro atoms. The molecule has 3 nitrogen and oxygen atoms in total. The molecule has 1 aromatic carbocycles. The molecular weight excluding hydrogens is 205 g/mol. The SMILES string of the molecule is [Be+2].[H-].[H-].c1ccc2scnc2c1.c1cocn1. The van der Waals surface area contributed by atoms with Gasteiger partial charge in [-0.1, -0.05) is 12.1 Å². The predicted octanol–water partition coefficient (Wildman–Crippen LogP) is 2.82. The summed E-state index contributed by atoms with van der Waals surface area (Å²) in [5, 5.41) is 0. The number of nitrogens with zero attached hydrogens (tertiary/aromatic N) is 2. The second-order valence-corrected chi connectivity index (χ2v) is 3.38. The molecule has 0 aliphatic heterocycles. The molecule has 0 aliphatic rings.